The molecule has 1 aromatic heterocycles. The number of carbonyl (C=O) groups excluding carboxylic acids is 2. The summed E-state index contributed by atoms with van der Waals surface area (Å²) in [6.45, 7) is 12.5. The number of ether oxygens (including phenoxy) is 1. The number of anilines is 2. The Bertz CT molecular complexity index is 1210. The third-order valence-corrected chi connectivity index (χ3v) is 7.21. The Balaban J connectivity index is 1.57. The molecule has 1 amide bonds. The van der Waals surface area contributed by atoms with Crippen LogP contribution in [0.25, 0.3) is 5.57 Å². The number of aryl methyl sites for hydroxylation is 1. The molecule has 0 radical (unpaired) electrons. The smallest absolute Gasteiger partial charge is 0.259 e. The average molecular weight is 461 g/mol. The van der Waals surface area contributed by atoms with E-state index in [2.05, 4.69) is 35.6 Å². The van der Waals surface area contributed by atoms with Gasteiger partial charge in [-0.25, -0.2) is 9.97 Å². The van der Waals surface area contributed by atoms with E-state index in [4.69, 9.17) is 4.74 Å². The number of nitrogens with zero attached hydrogens (tertiary/aromatic N) is 4. The van der Waals surface area contributed by atoms with Crippen molar-refractivity contribution in [2.24, 2.45) is 0 Å². The number of rotatable bonds is 5. The first-order valence-corrected chi connectivity index (χ1v) is 12.2. The minimum Gasteiger partial charge on any atom is -0.494 e. The lowest BCUT2D eigenvalue weighted by Gasteiger charge is -2.43. The highest BCUT2D eigenvalue weighted by Gasteiger charge is 2.47. The Labute approximate surface area is 200 Å². The third kappa shape index (κ3) is 3.58. The molecule has 4 heterocycles. The van der Waals surface area contributed by atoms with E-state index in [9.17, 15) is 9.59 Å². The number of carbonyl (C=O) groups is 2. The van der Waals surface area contributed by atoms with Gasteiger partial charge in [-0.2, -0.15) is 0 Å². The number of aromatic nitrogens is 2. The van der Waals surface area contributed by atoms with Gasteiger partial charge in [-0.05, 0) is 76.6 Å². The lowest BCUT2D eigenvalue weighted by molar-refractivity contribution is -0.114. The maximum Gasteiger partial charge on any atom is 0.259 e. The molecule has 1 unspecified atom stereocenters. The third-order valence-electron chi connectivity index (χ3n) is 7.21. The molecule has 0 aliphatic carbocycles. The van der Waals surface area contributed by atoms with Crippen molar-refractivity contribution < 1.29 is 14.3 Å². The van der Waals surface area contributed by atoms with Crippen LogP contribution in [0.4, 0.5) is 11.6 Å². The molecule has 1 saturated heterocycles. The zero-order chi connectivity index (χ0) is 24.2. The number of allylic oxidation sites excluding steroid dienone is 1. The van der Waals surface area contributed by atoms with Crippen LogP contribution in [0.2, 0.25) is 0 Å². The van der Waals surface area contributed by atoms with E-state index in [0.29, 0.717) is 29.4 Å². The molecule has 1 atom stereocenters. The van der Waals surface area contributed by atoms with Crippen LogP contribution >= 0.6 is 0 Å². The second-order valence-corrected chi connectivity index (χ2v) is 10.2. The number of ketones is 1. The van der Waals surface area contributed by atoms with Crippen LogP contribution in [0.1, 0.15) is 80.1 Å². The summed E-state index contributed by atoms with van der Waals surface area (Å²) in [5.74, 6) is 1.28. The van der Waals surface area contributed by atoms with Gasteiger partial charge in [-0.15, -0.1) is 0 Å². The van der Waals surface area contributed by atoms with Gasteiger partial charge in [-0.3, -0.25) is 9.59 Å². The maximum atomic E-state index is 13.7. The van der Waals surface area contributed by atoms with Gasteiger partial charge < -0.3 is 14.5 Å². The highest BCUT2D eigenvalue weighted by molar-refractivity contribution is 6.36. The molecule has 2 aromatic rings. The Morgan fingerprint density at radius 3 is 2.68 bits per heavy atom. The summed E-state index contributed by atoms with van der Waals surface area (Å²) in [6.07, 6.45) is 6.17. The Morgan fingerprint density at radius 1 is 1.26 bits per heavy atom. The monoisotopic (exact) mass is 460 g/mol. The molecule has 1 fully saturated rings. The summed E-state index contributed by atoms with van der Waals surface area (Å²) in [5, 5.41) is 0. The van der Waals surface area contributed by atoms with E-state index in [1.54, 1.807) is 6.20 Å². The summed E-state index contributed by atoms with van der Waals surface area (Å²) >= 11 is 0. The summed E-state index contributed by atoms with van der Waals surface area (Å²) in [7, 11) is 0. The molecule has 34 heavy (non-hydrogen) atoms. The molecule has 5 rings (SSSR count). The molecule has 0 N–H and O–H groups in total. The van der Waals surface area contributed by atoms with Gasteiger partial charge in [0.15, 0.2) is 5.78 Å². The first-order valence-electron chi connectivity index (χ1n) is 12.2. The van der Waals surface area contributed by atoms with Crippen molar-refractivity contribution in [1.82, 2.24) is 9.97 Å². The Kier molecular flexibility index (Phi) is 5.46. The largest absolute Gasteiger partial charge is 0.494 e. The van der Waals surface area contributed by atoms with Crippen LogP contribution in [0.15, 0.2) is 24.4 Å². The highest BCUT2D eigenvalue weighted by atomic mass is 16.5. The second kappa shape index (κ2) is 8.22. The minimum atomic E-state index is -0.347. The maximum absolute atomic E-state index is 13.7. The summed E-state index contributed by atoms with van der Waals surface area (Å²) in [5.41, 5.74) is 3.89. The van der Waals surface area contributed by atoms with E-state index in [-0.39, 0.29) is 23.1 Å². The minimum absolute atomic E-state index is 0.137. The fourth-order valence-corrected chi connectivity index (χ4v) is 5.69. The van der Waals surface area contributed by atoms with Crippen LogP contribution in [0.5, 0.6) is 5.75 Å². The van der Waals surface area contributed by atoms with Gasteiger partial charge in [0.25, 0.3) is 5.91 Å². The zero-order valence-corrected chi connectivity index (χ0v) is 20.6. The molecule has 1 aromatic carbocycles. The van der Waals surface area contributed by atoms with Gasteiger partial charge in [0, 0.05) is 30.4 Å². The van der Waals surface area contributed by atoms with Gasteiger partial charge in [-0.1, -0.05) is 6.92 Å². The van der Waals surface area contributed by atoms with Crippen LogP contribution in [0, 0.1) is 6.92 Å². The predicted octanol–water partition coefficient (Wildman–Crippen LogP) is 4.68. The van der Waals surface area contributed by atoms with Crippen molar-refractivity contribution in [3.05, 3.63) is 46.8 Å². The molecule has 178 valence electrons. The molecule has 3 aliphatic rings. The van der Waals surface area contributed by atoms with Gasteiger partial charge >= 0.3 is 0 Å². The molecule has 7 heteroatoms. The van der Waals surface area contributed by atoms with Gasteiger partial charge in [0.2, 0.25) is 5.95 Å². The molecular weight excluding hydrogens is 428 g/mol. The Morgan fingerprint density at radius 2 is 2.00 bits per heavy atom. The molecule has 7 nitrogen and oxygen atoms in total. The van der Waals surface area contributed by atoms with E-state index in [1.807, 2.05) is 30.9 Å². The number of hydrogen-bond donors (Lipinski definition) is 0. The molecular formula is C27H32N4O3. The van der Waals surface area contributed by atoms with Crippen molar-refractivity contribution in [3.63, 3.8) is 0 Å². The van der Waals surface area contributed by atoms with E-state index in [0.717, 1.165) is 54.9 Å². The van der Waals surface area contributed by atoms with E-state index in [1.165, 1.54) is 6.08 Å². The lowest BCUT2D eigenvalue weighted by Crippen LogP contribution is -2.49. The lowest BCUT2D eigenvalue weighted by atomic mass is 9.80. The quantitative estimate of drug-likeness (QED) is 0.476. The molecule has 3 aliphatic heterocycles. The van der Waals surface area contributed by atoms with Crippen molar-refractivity contribution in [1.29, 1.82) is 0 Å². The zero-order valence-electron chi connectivity index (χ0n) is 20.6. The fraction of sp³-hybridized carbons (Fsp3) is 0.481. The Hall–Kier alpha value is -3.22. The first-order chi connectivity index (χ1) is 16.2. The predicted molar refractivity (Wildman–Crippen MR) is 133 cm³/mol. The molecule has 0 spiro atoms. The van der Waals surface area contributed by atoms with Crippen molar-refractivity contribution in [3.8, 4) is 5.75 Å². The normalized spacial score (nSPS) is 21.9. The van der Waals surface area contributed by atoms with E-state index < -0.39 is 0 Å². The van der Waals surface area contributed by atoms with E-state index >= 15 is 0 Å². The summed E-state index contributed by atoms with van der Waals surface area (Å²) in [4.78, 5) is 40.1. The summed E-state index contributed by atoms with van der Waals surface area (Å²) < 4.78 is 5.82. The first kappa shape index (κ1) is 22.6. The van der Waals surface area contributed by atoms with Crippen LogP contribution < -0.4 is 14.5 Å². The van der Waals surface area contributed by atoms with Crippen molar-refractivity contribution >= 4 is 28.9 Å². The number of benzene rings is 1. The highest BCUT2D eigenvalue weighted by Crippen LogP contribution is 2.53. The topological polar surface area (TPSA) is 75.6 Å². The van der Waals surface area contributed by atoms with Crippen LogP contribution in [-0.2, 0) is 4.79 Å². The standard InChI is InChI=1S/C27H32N4O3/c1-6-34-18-11-19-16(2)14-27(4,5)31-24(19)20(12-18)21(25(31)33)13-23(32)22-15-28-26(29-17(22)3)30-9-7-8-10-30/h11-13,15-16H,6-10,14H2,1-5H3. The van der Waals surface area contributed by atoms with Crippen molar-refractivity contribution in [2.45, 2.75) is 65.3 Å². The molecule has 0 saturated carbocycles. The van der Waals surface area contributed by atoms with Crippen LogP contribution in [-0.4, -0.2) is 46.9 Å². The average Bonchev–Trinajstić information content (AvgIpc) is 3.40. The van der Waals surface area contributed by atoms with Crippen LogP contribution in [0.3, 0.4) is 0 Å². The second-order valence-electron chi connectivity index (χ2n) is 10.2. The number of hydrogen-bond acceptors (Lipinski definition) is 6. The van der Waals surface area contributed by atoms with Gasteiger partial charge in [0.05, 0.1) is 29.1 Å². The SMILES string of the molecule is CCOc1cc2c3c(c1)C(C)CC(C)(C)N3C(=O)C2=CC(=O)c1cnc(N2CCCC2)nc1C. The molecule has 0 bridgehead atoms. The summed E-state index contributed by atoms with van der Waals surface area (Å²) in [6, 6.07) is 3.94. The van der Waals surface area contributed by atoms with Gasteiger partial charge in [0.1, 0.15) is 5.75 Å². The fourth-order valence-electron chi connectivity index (χ4n) is 5.69. The van der Waals surface area contributed by atoms with Crippen molar-refractivity contribution in [2.75, 3.05) is 29.5 Å². The number of amides is 1.